The molecule has 4 heteroatoms. The summed E-state index contributed by atoms with van der Waals surface area (Å²) in [7, 11) is 0. The van der Waals surface area contributed by atoms with E-state index in [2.05, 4.69) is 4.74 Å². The molecule has 1 saturated carbocycles. The molecule has 1 radical (unpaired) electrons. The first-order chi connectivity index (χ1) is 5.58. The second-order valence-electron chi connectivity index (χ2n) is 3.00. The first kappa shape index (κ1) is 9.84. The second-order valence-corrected chi connectivity index (χ2v) is 3.00. The number of ether oxygens (including phenoxy) is 1. The molecular formula is C8H12F3O. The highest BCUT2D eigenvalue weighted by Crippen LogP contribution is 2.28. The molecule has 0 amide bonds. The molecule has 1 fully saturated rings. The van der Waals surface area contributed by atoms with Crippen molar-refractivity contribution in [2.24, 2.45) is 0 Å². The Labute approximate surface area is 69.9 Å². The molecule has 0 bridgehead atoms. The summed E-state index contributed by atoms with van der Waals surface area (Å²) in [6, 6.07) is 0. The molecule has 12 heavy (non-hydrogen) atoms. The molecule has 0 aromatic carbocycles. The van der Waals surface area contributed by atoms with Crippen LogP contribution in [0.4, 0.5) is 13.2 Å². The summed E-state index contributed by atoms with van der Waals surface area (Å²) in [5.74, 6) is 0. The molecule has 71 valence electrons. The van der Waals surface area contributed by atoms with E-state index in [0.29, 0.717) is 18.9 Å². The van der Waals surface area contributed by atoms with E-state index in [9.17, 15) is 13.2 Å². The highest BCUT2D eigenvalue weighted by molar-refractivity contribution is 4.82. The van der Waals surface area contributed by atoms with Crippen molar-refractivity contribution in [1.82, 2.24) is 0 Å². The third-order valence-corrected chi connectivity index (χ3v) is 1.85. The molecule has 0 atom stereocenters. The Morgan fingerprint density at radius 3 is 2.17 bits per heavy atom. The molecule has 0 N–H and O–H groups in total. The van der Waals surface area contributed by atoms with Gasteiger partial charge in [-0.15, -0.1) is 0 Å². The van der Waals surface area contributed by atoms with E-state index in [-0.39, 0.29) is 0 Å². The maximum atomic E-state index is 11.7. The Morgan fingerprint density at radius 1 is 1.08 bits per heavy atom. The molecule has 1 aliphatic carbocycles. The van der Waals surface area contributed by atoms with Gasteiger partial charge in [0, 0.05) is 0 Å². The molecule has 0 aromatic heterocycles. The summed E-state index contributed by atoms with van der Waals surface area (Å²) in [4.78, 5) is 0. The zero-order valence-electron chi connectivity index (χ0n) is 6.78. The highest BCUT2D eigenvalue weighted by Gasteiger charge is 2.29. The monoisotopic (exact) mass is 181 g/mol. The van der Waals surface area contributed by atoms with Crippen LogP contribution < -0.4 is 0 Å². The molecule has 0 aromatic rings. The number of halogens is 3. The van der Waals surface area contributed by atoms with Crippen LogP contribution in [-0.2, 0) is 4.74 Å². The molecule has 1 aliphatic rings. The van der Waals surface area contributed by atoms with E-state index in [4.69, 9.17) is 0 Å². The van der Waals surface area contributed by atoms with Gasteiger partial charge in [0.15, 0.2) is 0 Å². The molecule has 1 nitrogen and oxygen atoms in total. The number of alkyl halides is 3. The summed E-state index contributed by atoms with van der Waals surface area (Å²) in [6.45, 7) is -1.12. The minimum absolute atomic E-state index is 0.624. The fourth-order valence-electron chi connectivity index (χ4n) is 1.27. The van der Waals surface area contributed by atoms with Crippen molar-refractivity contribution < 1.29 is 17.9 Å². The first-order valence-electron chi connectivity index (χ1n) is 4.12. The van der Waals surface area contributed by atoms with Gasteiger partial charge in [0.1, 0.15) is 6.61 Å². The van der Waals surface area contributed by atoms with E-state index in [1.807, 2.05) is 0 Å². The van der Waals surface area contributed by atoms with Gasteiger partial charge in [-0.25, -0.2) is 0 Å². The minimum Gasteiger partial charge on any atom is -0.363 e. The molecule has 0 saturated heterocycles. The van der Waals surface area contributed by atoms with Crippen LogP contribution in [0.1, 0.15) is 32.1 Å². The van der Waals surface area contributed by atoms with Crippen LogP contribution in [0.2, 0.25) is 0 Å². The van der Waals surface area contributed by atoms with Gasteiger partial charge in [0.05, 0.1) is 6.10 Å². The van der Waals surface area contributed by atoms with Crippen molar-refractivity contribution in [3.63, 3.8) is 0 Å². The number of rotatable bonds is 2. The predicted molar refractivity (Wildman–Crippen MR) is 38.3 cm³/mol. The zero-order valence-corrected chi connectivity index (χ0v) is 6.78. The van der Waals surface area contributed by atoms with Crippen molar-refractivity contribution in [2.75, 3.05) is 6.61 Å². The fourth-order valence-corrected chi connectivity index (χ4v) is 1.27. The Hall–Kier alpha value is -0.250. The second kappa shape index (κ2) is 4.12. The van der Waals surface area contributed by atoms with Crippen LogP contribution in [-0.4, -0.2) is 12.8 Å². The molecular weight excluding hydrogens is 169 g/mol. The van der Waals surface area contributed by atoms with Crippen LogP contribution >= 0.6 is 0 Å². The number of hydrogen-bond donors (Lipinski definition) is 0. The lowest BCUT2D eigenvalue weighted by Crippen LogP contribution is -2.20. The van der Waals surface area contributed by atoms with Crippen LogP contribution in [0.25, 0.3) is 0 Å². The standard InChI is InChI=1S/C8H12F3O/c9-8(10,11)6-12-7-4-2-1-3-5-7/h1-6H2. The first-order valence-corrected chi connectivity index (χ1v) is 4.12. The van der Waals surface area contributed by atoms with Crippen molar-refractivity contribution in [3.05, 3.63) is 6.10 Å². The van der Waals surface area contributed by atoms with Crippen molar-refractivity contribution in [2.45, 2.75) is 38.3 Å². The average molecular weight is 181 g/mol. The Morgan fingerprint density at radius 2 is 1.67 bits per heavy atom. The third kappa shape index (κ3) is 3.95. The lowest BCUT2D eigenvalue weighted by molar-refractivity contribution is -0.173. The van der Waals surface area contributed by atoms with Crippen molar-refractivity contribution >= 4 is 0 Å². The largest absolute Gasteiger partial charge is 0.411 e. The average Bonchev–Trinajstić information content (AvgIpc) is 2.02. The maximum Gasteiger partial charge on any atom is 0.411 e. The lowest BCUT2D eigenvalue weighted by Gasteiger charge is -2.21. The fraction of sp³-hybridized carbons (Fsp3) is 0.875. The van der Waals surface area contributed by atoms with E-state index < -0.39 is 12.8 Å². The topological polar surface area (TPSA) is 9.23 Å². The van der Waals surface area contributed by atoms with E-state index >= 15 is 0 Å². The van der Waals surface area contributed by atoms with Crippen molar-refractivity contribution in [1.29, 1.82) is 0 Å². The molecule has 0 spiro atoms. The van der Waals surface area contributed by atoms with Gasteiger partial charge in [0.2, 0.25) is 0 Å². The summed E-state index contributed by atoms with van der Waals surface area (Å²) < 4.78 is 39.7. The Balaban J connectivity index is 2.13. The summed E-state index contributed by atoms with van der Waals surface area (Å²) >= 11 is 0. The van der Waals surface area contributed by atoms with Crippen LogP contribution in [0.15, 0.2) is 0 Å². The van der Waals surface area contributed by atoms with Gasteiger partial charge in [-0.1, -0.05) is 19.3 Å². The summed E-state index contributed by atoms with van der Waals surface area (Å²) in [5, 5.41) is 0. The van der Waals surface area contributed by atoms with Gasteiger partial charge < -0.3 is 4.74 Å². The smallest absolute Gasteiger partial charge is 0.363 e. The Bertz CT molecular complexity index is 127. The Kier molecular flexibility index (Phi) is 3.38. The molecule has 0 aliphatic heterocycles. The lowest BCUT2D eigenvalue weighted by atomic mass is 9.98. The summed E-state index contributed by atoms with van der Waals surface area (Å²) in [6.07, 6.45) is 0.883. The van der Waals surface area contributed by atoms with Gasteiger partial charge in [0.25, 0.3) is 0 Å². The van der Waals surface area contributed by atoms with Crippen LogP contribution in [0.3, 0.4) is 0 Å². The predicted octanol–water partition coefficient (Wildman–Crippen LogP) is 3.06. The zero-order chi connectivity index (χ0) is 9.03. The van der Waals surface area contributed by atoms with Gasteiger partial charge in [-0.05, 0) is 12.8 Å². The normalized spacial score (nSPS) is 21.2. The third-order valence-electron chi connectivity index (χ3n) is 1.85. The molecule has 0 heterocycles. The van der Waals surface area contributed by atoms with Crippen LogP contribution in [0, 0.1) is 6.10 Å². The molecule has 1 rings (SSSR count). The highest BCUT2D eigenvalue weighted by atomic mass is 19.4. The summed E-state index contributed by atoms with van der Waals surface area (Å²) in [5.41, 5.74) is 0. The van der Waals surface area contributed by atoms with Crippen LogP contribution in [0.5, 0.6) is 0 Å². The number of hydrogen-bond acceptors (Lipinski definition) is 1. The molecule has 0 unspecified atom stereocenters. The maximum absolute atomic E-state index is 11.7. The van der Waals surface area contributed by atoms with E-state index in [1.54, 1.807) is 0 Å². The van der Waals surface area contributed by atoms with Gasteiger partial charge >= 0.3 is 6.18 Å². The quantitative estimate of drug-likeness (QED) is 0.636. The van der Waals surface area contributed by atoms with E-state index in [1.165, 1.54) is 0 Å². The van der Waals surface area contributed by atoms with Gasteiger partial charge in [-0.3, -0.25) is 0 Å². The van der Waals surface area contributed by atoms with E-state index in [0.717, 1.165) is 19.3 Å². The minimum atomic E-state index is -4.19. The van der Waals surface area contributed by atoms with Gasteiger partial charge in [-0.2, -0.15) is 13.2 Å². The van der Waals surface area contributed by atoms with Crippen molar-refractivity contribution in [3.8, 4) is 0 Å². The SMILES string of the molecule is FC(F)(F)CO[C]1CCCCC1.